The van der Waals surface area contributed by atoms with E-state index in [0.29, 0.717) is 6.04 Å². The minimum atomic E-state index is 0.179. The summed E-state index contributed by atoms with van der Waals surface area (Å²) in [6.45, 7) is 12.8. The third kappa shape index (κ3) is 5.54. The Bertz CT molecular complexity index is 352. The van der Waals surface area contributed by atoms with E-state index in [-0.39, 0.29) is 5.41 Å². The molecule has 0 heterocycles. The number of hydrogen-bond donors (Lipinski definition) is 1. The lowest BCUT2D eigenvalue weighted by Crippen LogP contribution is -2.24. The maximum absolute atomic E-state index is 5.78. The molecular formula is C16H27NO. The van der Waals surface area contributed by atoms with Crippen LogP contribution >= 0.6 is 0 Å². The van der Waals surface area contributed by atoms with Crippen molar-refractivity contribution in [3.63, 3.8) is 0 Å². The van der Waals surface area contributed by atoms with Crippen molar-refractivity contribution in [1.82, 2.24) is 5.32 Å². The van der Waals surface area contributed by atoms with Gasteiger partial charge in [-0.1, -0.05) is 46.8 Å². The summed E-state index contributed by atoms with van der Waals surface area (Å²) >= 11 is 0. The van der Waals surface area contributed by atoms with Crippen LogP contribution in [0, 0.1) is 0 Å². The fourth-order valence-electron chi connectivity index (χ4n) is 1.71. The Balaban J connectivity index is 2.39. The number of nitrogens with one attached hydrogen (secondary N) is 1. The third-order valence-electron chi connectivity index (χ3n) is 2.84. The van der Waals surface area contributed by atoms with Crippen molar-refractivity contribution in [3.8, 4) is 5.75 Å². The predicted molar refractivity (Wildman–Crippen MR) is 78.4 cm³/mol. The molecule has 0 aromatic heterocycles. The fourth-order valence-corrected chi connectivity index (χ4v) is 1.71. The summed E-state index contributed by atoms with van der Waals surface area (Å²) in [5, 5.41) is 3.39. The SMILES string of the molecule is CC(C)NCCCOc1cccc(C(C)(C)C)c1. The molecular weight excluding hydrogens is 222 g/mol. The lowest BCUT2D eigenvalue weighted by Gasteiger charge is -2.19. The highest BCUT2D eigenvalue weighted by Crippen LogP contribution is 2.25. The second-order valence-corrected chi connectivity index (χ2v) is 6.09. The lowest BCUT2D eigenvalue weighted by molar-refractivity contribution is 0.305. The Morgan fingerprint density at radius 2 is 1.94 bits per heavy atom. The minimum absolute atomic E-state index is 0.179. The van der Waals surface area contributed by atoms with Crippen LogP contribution in [-0.4, -0.2) is 19.2 Å². The molecule has 18 heavy (non-hydrogen) atoms. The van der Waals surface area contributed by atoms with Gasteiger partial charge in [0.15, 0.2) is 0 Å². The molecule has 0 bridgehead atoms. The van der Waals surface area contributed by atoms with Crippen molar-refractivity contribution in [2.75, 3.05) is 13.2 Å². The average molecular weight is 249 g/mol. The van der Waals surface area contributed by atoms with Crippen LogP contribution < -0.4 is 10.1 Å². The molecule has 0 radical (unpaired) electrons. The van der Waals surface area contributed by atoms with Crippen molar-refractivity contribution < 1.29 is 4.74 Å². The Labute approximate surface area is 112 Å². The first-order valence-corrected chi connectivity index (χ1v) is 6.86. The quantitative estimate of drug-likeness (QED) is 0.775. The van der Waals surface area contributed by atoms with Crippen molar-refractivity contribution in [3.05, 3.63) is 29.8 Å². The fraction of sp³-hybridized carbons (Fsp3) is 0.625. The molecule has 0 aliphatic carbocycles. The number of ether oxygens (including phenoxy) is 1. The van der Waals surface area contributed by atoms with Crippen LogP contribution in [0.1, 0.15) is 46.6 Å². The van der Waals surface area contributed by atoms with E-state index in [2.05, 4.69) is 58.1 Å². The smallest absolute Gasteiger partial charge is 0.119 e. The molecule has 0 aliphatic rings. The summed E-state index contributed by atoms with van der Waals surface area (Å²) in [7, 11) is 0. The summed E-state index contributed by atoms with van der Waals surface area (Å²) in [6, 6.07) is 8.96. The van der Waals surface area contributed by atoms with E-state index in [0.717, 1.165) is 25.3 Å². The van der Waals surface area contributed by atoms with Crippen LogP contribution in [0.2, 0.25) is 0 Å². The van der Waals surface area contributed by atoms with Crippen molar-refractivity contribution in [1.29, 1.82) is 0 Å². The molecule has 0 atom stereocenters. The van der Waals surface area contributed by atoms with E-state index in [1.165, 1.54) is 5.56 Å². The van der Waals surface area contributed by atoms with E-state index in [1.807, 2.05) is 6.07 Å². The van der Waals surface area contributed by atoms with E-state index in [4.69, 9.17) is 4.74 Å². The topological polar surface area (TPSA) is 21.3 Å². The zero-order chi connectivity index (χ0) is 13.6. The zero-order valence-corrected chi connectivity index (χ0v) is 12.4. The predicted octanol–water partition coefficient (Wildman–Crippen LogP) is 3.75. The van der Waals surface area contributed by atoms with Gasteiger partial charge in [0.05, 0.1) is 6.61 Å². The monoisotopic (exact) mass is 249 g/mol. The normalized spacial score (nSPS) is 11.9. The van der Waals surface area contributed by atoms with Crippen LogP contribution in [-0.2, 0) is 5.41 Å². The van der Waals surface area contributed by atoms with Gasteiger partial charge >= 0.3 is 0 Å². The second-order valence-electron chi connectivity index (χ2n) is 6.09. The van der Waals surface area contributed by atoms with E-state index >= 15 is 0 Å². The Morgan fingerprint density at radius 1 is 1.22 bits per heavy atom. The van der Waals surface area contributed by atoms with Gasteiger partial charge in [0, 0.05) is 6.04 Å². The van der Waals surface area contributed by atoms with Gasteiger partial charge < -0.3 is 10.1 Å². The van der Waals surface area contributed by atoms with Gasteiger partial charge in [-0.15, -0.1) is 0 Å². The molecule has 2 heteroatoms. The molecule has 1 aromatic carbocycles. The molecule has 0 unspecified atom stereocenters. The largest absolute Gasteiger partial charge is 0.494 e. The molecule has 0 amide bonds. The molecule has 1 N–H and O–H groups in total. The van der Waals surface area contributed by atoms with Gasteiger partial charge in [-0.25, -0.2) is 0 Å². The Kier molecular flexibility index (Phi) is 5.67. The maximum Gasteiger partial charge on any atom is 0.119 e. The molecule has 0 spiro atoms. The highest BCUT2D eigenvalue weighted by molar-refractivity contribution is 5.32. The summed E-state index contributed by atoms with van der Waals surface area (Å²) in [5.41, 5.74) is 1.50. The maximum atomic E-state index is 5.78. The van der Waals surface area contributed by atoms with Crippen LogP contribution in [0.3, 0.4) is 0 Å². The van der Waals surface area contributed by atoms with Crippen LogP contribution in [0.4, 0.5) is 0 Å². The van der Waals surface area contributed by atoms with Crippen molar-refractivity contribution >= 4 is 0 Å². The Morgan fingerprint density at radius 3 is 2.56 bits per heavy atom. The Hall–Kier alpha value is -1.02. The van der Waals surface area contributed by atoms with E-state index < -0.39 is 0 Å². The number of rotatable bonds is 6. The standard InChI is InChI=1S/C16H27NO/c1-13(2)17-10-7-11-18-15-9-6-8-14(12-15)16(3,4)5/h6,8-9,12-13,17H,7,10-11H2,1-5H3. The van der Waals surface area contributed by atoms with Crippen LogP contribution in [0.25, 0.3) is 0 Å². The van der Waals surface area contributed by atoms with E-state index in [9.17, 15) is 0 Å². The minimum Gasteiger partial charge on any atom is -0.494 e. The second kappa shape index (κ2) is 6.79. The molecule has 1 aromatic rings. The molecule has 102 valence electrons. The van der Waals surface area contributed by atoms with Gasteiger partial charge in [0.2, 0.25) is 0 Å². The summed E-state index contributed by atoms with van der Waals surface area (Å²) in [5.74, 6) is 0.979. The lowest BCUT2D eigenvalue weighted by atomic mass is 9.87. The van der Waals surface area contributed by atoms with Crippen LogP contribution in [0.15, 0.2) is 24.3 Å². The van der Waals surface area contributed by atoms with Gasteiger partial charge in [-0.2, -0.15) is 0 Å². The molecule has 2 nitrogen and oxygen atoms in total. The van der Waals surface area contributed by atoms with Crippen molar-refractivity contribution in [2.45, 2.75) is 52.5 Å². The molecule has 0 fully saturated rings. The van der Waals surface area contributed by atoms with Gasteiger partial charge in [-0.05, 0) is 36.1 Å². The van der Waals surface area contributed by atoms with Gasteiger partial charge in [-0.3, -0.25) is 0 Å². The first-order chi connectivity index (χ1) is 8.39. The molecule has 1 rings (SSSR count). The summed E-state index contributed by atoms with van der Waals surface area (Å²) < 4.78 is 5.78. The third-order valence-corrected chi connectivity index (χ3v) is 2.84. The molecule has 0 aliphatic heterocycles. The first-order valence-electron chi connectivity index (χ1n) is 6.86. The zero-order valence-electron chi connectivity index (χ0n) is 12.4. The van der Waals surface area contributed by atoms with Crippen LogP contribution in [0.5, 0.6) is 5.75 Å². The van der Waals surface area contributed by atoms with E-state index in [1.54, 1.807) is 0 Å². The molecule has 0 saturated carbocycles. The highest BCUT2D eigenvalue weighted by Gasteiger charge is 2.13. The van der Waals surface area contributed by atoms with Crippen molar-refractivity contribution in [2.24, 2.45) is 0 Å². The first kappa shape index (κ1) is 15.0. The average Bonchev–Trinajstić information content (AvgIpc) is 2.27. The summed E-state index contributed by atoms with van der Waals surface area (Å²) in [4.78, 5) is 0. The summed E-state index contributed by atoms with van der Waals surface area (Å²) in [6.07, 6.45) is 1.04. The van der Waals surface area contributed by atoms with Gasteiger partial charge in [0.25, 0.3) is 0 Å². The number of benzene rings is 1. The highest BCUT2D eigenvalue weighted by atomic mass is 16.5. The van der Waals surface area contributed by atoms with Gasteiger partial charge in [0.1, 0.15) is 5.75 Å². The number of hydrogen-bond acceptors (Lipinski definition) is 2. The molecule has 0 saturated heterocycles.